The molecule has 7 heteroatoms. The van der Waals surface area contributed by atoms with E-state index >= 15 is 0 Å². The predicted octanol–water partition coefficient (Wildman–Crippen LogP) is 2.81. The van der Waals surface area contributed by atoms with Crippen LogP contribution in [0, 0.1) is 5.82 Å². The molecule has 0 unspecified atom stereocenters. The van der Waals surface area contributed by atoms with E-state index in [4.69, 9.17) is 0 Å². The number of nitrogens with zero attached hydrogens (tertiary/aromatic N) is 3. The number of carbonyl (C=O) groups excluding carboxylic acids is 1. The highest BCUT2D eigenvalue weighted by atomic mass is 19.1. The fourth-order valence-corrected chi connectivity index (χ4v) is 2.78. The zero-order valence-electron chi connectivity index (χ0n) is 14.9. The SMILES string of the molecule is O=C(CCCCCn1nnc2ccccc2c1=O)NCc1ccc(F)cc1. The fraction of sp³-hybridized carbons (Fsp3) is 0.300. The summed E-state index contributed by atoms with van der Waals surface area (Å²) in [5.41, 5.74) is 1.31. The van der Waals surface area contributed by atoms with Gasteiger partial charge in [0.2, 0.25) is 5.91 Å². The molecule has 0 aliphatic rings. The fourth-order valence-electron chi connectivity index (χ4n) is 2.78. The number of carbonyl (C=O) groups is 1. The van der Waals surface area contributed by atoms with Gasteiger partial charge in [-0.1, -0.05) is 35.9 Å². The lowest BCUT2D eigenvalue weighted by atomic mass is 10.1. The van der Waals surface area contributed by atoms with Gasteiger partial charge < -0.3 is 5.32 Å². The van der Waals surface area contributed by atoms with Gasteiger partial charge in [-0.2, -0.15) is 0 Å². The van der Waals surface area contributed by atoms with Crippen LogP contribution in [0.1, 0.15) is 31.2 Å². The van der Waals surface area contributed by atoms with Crippen molar-refractivity contribution in [1.29, 1.82) is 0 Å². The molecule has 3 aromatic rings. The molecule has 0 saturated heterocycles. The summed E-state index contributed by atoms with van der Waals surface area (Å²) in [7, 11) is 0. The summed E-state index contributed by atoms with van der Waals surface area (Å²) in [4.78, 5) is 24.2. The molecule has 27 heavy (non-hydrogen) atoms. The van der Waals surface area contributed by atoms with Crippen molar-refractivity contribution in [3.05, 3.63) is 70.3 Å². The molecule has 0 fully saturated rings. The van der Waals surface area contributed by atoms with Gasteiger partial charge in [0.25, 0.3) is 5.56 Å². The largest absolute Gasteiger partial charge is 0.352 e. The Morgan fingerprint density at radius 3 is 2.63 bits per heavy atom. The Labute approximate surface area is 156 Å². The number of hydrogen-bond acceptors (Lipinski definition) is 4. The van der Waals surface area contributed by atoms with Gasteiger partial charge in [-0.15, -0.1) is 5.10 Å². The van der Waals surface area contributed by atoms with Crippen LogP contribution in [0.2, 0.25) is 0 Å². The molecule has 0 atom stereocenters. The van der Waals surface area contributed by atoms with Gasteiger partial charge in [0.15, 0.2) is 0 Å². The second-order valence-electron chi connectivity index (χ2n) is 6.35. The average molecular weight is 368 g/mol. The van der Waals surface area contributed by atoms with Crippen LogP contribution in [0.3, 0.4) is 0 Å². The van der Waals surface area contributed by atoms with Crippen molar-refractivity contribution < 1.29 is 9.18 Å². The van der Waals surface area contributed by atoms with Crippen LogP contribution in [0.4, 0.5) is 4.39 Å². The molecule has 0 saturated carbocycles. The molecule has 1 heterocycles. The summed E-state index contributed by atoms with van der Waals surface area (Å²) in [6.45, 7) is 0.870. The lowest BCUT2D eigenvalue weighted by Gasteiger charge is -2.06. The normalized spacial score (nSPS) is 10.9. The van der Waals surface area contributed by atoms with E-state index in [2.05, 4.69) is 15.6 Å². The minimum atomic E-state index is -0.291. The van der Waals surface area contributed by atoms with Crippen molar-refractivity contribution in [3.8, 4) is 0 Å². The maximum absolute atomic E-state index is 12.8. The summed E-state index contributed by atoms with van der Waals surface area (Å²) in [6.07, 6.45) is 2.70. The molecule has 6 nitrogen and oxygen atoms in total. The first-order chi connectivity index (χ1) is 13.1. The van der Waals surface area contributed by atoms with E-state index in [0.29, 0.717) is 30.4 Å². The number of nitrogens with one attached hydrogen (secondary N) is 1. The summed E-state index contributed by atoms with van der Waals surface area (Å²) < 4.78 is 14.2. The zero-order chi connectivity index (χ0) is 19.1. The maximum Gasteiger partial charge on any atom is 0.277 e. The number of halogens is 1. The average Bonchev–Trinajstić information content (AvgIpc) is 2.69. The van der Waals surface area contributed by atoms with Gasteiger partial charge in [-0.25, -0.2) is 9.07 Å². The quantitative estimate of drug-likeness (QED) is 0.620. The summed E-state index contributed by atoms with van der Waals surface area (Å²) in [5, 5.41) is 11.4. The van der Waals surface area contributed by atoms with E-state index < -0.39 is 0 Å². The molecule has 1 N–H and O–H groups in total. The Balaban J connectivity index is 1.38. The van der Waals surface area contributed by atoms with Crippen LogP contribution < -0.4 is 10.9 Å². The molecule has 0 aliphatic carbocycles. The number of hydrogen-bond donors (Lipinski definition) is 1. The van der Waals surface area contributed by atoms with Crippen LogP contribution in [-0.2, 0) is 17.9 Å². The Morgan fingerprint density at radius 1 is 1.04 bits per heavy atom. The monoisotopic (exact) mass is 368 g/mol. The molecule has 0 aliphatic heterocycles. The van der Waals surface area contributed by atoms with Crippen LogP contribution in [-0.4, -0.2) is 20.9 Å². The van der Waals surface area contributed by atoms with Gasteiger partial charge in [-0.05, 0) is 42.7 Å². The van der Waals surface area contributed by atoms with Crippen molar-refractivity contribution in [3.63, 3.8) is 0 Å². The van der Waals surface area contributed by atoms with E-state index in [-0.39, 0.29) is 17.3 Å². The maximum atomic E-state index is 12.8. The van der Waals surface area contributed by atoms with E-state index in [0.717, 1.165) is 24.8 Å². The number of aromatic nitrogens is 3. The Bertz CT molecular complexity index is 970. The molecule has 3 rings (SSSR count). The molecule has 1 amide bonds. The molecule has 0 spiro atoms. The third kappa shape index (κ3) is 5.20. The van der Waals surface area contributed by atoms with Crippen molar-refractivity contribution in [1.82, 2.24) is 20.3 Å². The number of aryl methyl sites for hydroxylation is 1. The molecule has 0 radical (unpaired) electrons. The molecule has 1 aromatic heterocycles. The zero-order valence-corrected chi connectivity index (χ0v) is 14.9. The number of unbranched alkanes of at least 4 members (excludes halogenated alkanes) is 2. The molecule has 2 aromatic carbocycles. The second-order valence-corrected chi connectivity index (χ2v) is 6.35. The second kappa shape index (κ2) is 9.02. The van der Waals surface area contributed by atoms with Gasteiger partial charge in [0.05, 0.1) is 5.39 Å². The van der Waals surface area contributed by atoms with Gasteiger partial charge >= 0.3 is 0 Å². The molecular formula is C20H21FN4O2. The predicted molar refractivity (Wildman–Crippen MR) is 101 cm³/mol. The first kappa shape index (κ1) is 18.7. The summed E-state index contributed by atoms with van der Waals surface area (Å²) >= 11 is 0. The first-order valence-corrected chi connectivity index (χ1v) is 8.97. The van der Waals surface area contributed by atoms with E-state index in [1.54, 1.807) is 30.3 Å². The topological polar surface area (TPSA) is 76.9 Å². The standard InChI is InChI=1S/C20H21FN4O2/c21-16-11-9-15(10-12-16)14-22-19(26)8-2-1-5-13-25-20(27)17-6-3-4-7-18(17)23-24-25/h3-4,6-7,9-12H,1-2,5,8,13-14H2,(H,22,26). The van der Waals surface area contributed by atoms with Crippen molar-refractivity contribution in [2.24, 2.45) is 0 Å². The number of amides is 1. The van der Waals surface area contributed by atoms with E-state index in [1.807, 2.05) is 6.07 Å². The lowest BCUT2D eigenvalue weighted by molar-refractivity contribution is -0.121. The smallest absolute Gasteiger partial charge is 0.277 e. The molecule has 0 bridgehead atoms. The van der Waals surface area contributed by atoms with E-state index in [1.165, 1.54) is 16.8 Å². The van der Waals surface area contributed by atoms with Crippen molar-refractivity contribution in [2.75, 3.05) is 0 Å². The highest BCUT2D eigenvalue weighted by Gasteiger charge is 2.05. The number of benzene rings is 2. The van der Waals surface area contributed by atoms with Crippen molar-refractivity contribution in [2.45, 2.75) is 38.8 Å². The molecule has 140 valence electrons. The van der Waals surface area contributed by atoms with Crippen LogP contribution in [0.15, 0.2) is 53.3 Å². The van der Waals surface area contributed by atoms with Gasteiger partial charge in [0, 0.05) is 19.5 Å². The third-order valence-corrected chi connectivity index (χ3v) is 4.31. The third-order valence-electron chi connectivity index (χ3n) is 4.31. The van der Waals surface area contributed by atoms with Crippen molar-refractivity contribution >= 4 is 16.8 Å². The van der Waals surface area contributed by atoms with Crippen LogP contribution in [0.5, 0.6) is 0 Å². The number of fused-ring (bicyclic) bond motifs is 1. The van der Waals surface area contributed by atoms with Gasteiger partial charge in [0.1, 0.15) is 11.3 Å². The molecular weight excluding hydrogens is 347 g/mol. The Hall–Kier alpha value is -3.09. The summed E-state index contributed by atoms with van der Waals surface area (Å²) in [6, 6.07) is 13.2. The van der Waals surface area contributed by atoms with Crippen LogP contribution in [0.25, 0.3) is 10.9 Å². The Kier molecular flexibility index (Phi) is 6.25. The number of rotatable bonds is 8. The van der Waals surface area contributed by atoms with Crippen LogP contribution >= 0.6 is 0 Å². The van der Waals surface area contributed by atoms with E-state index in [9.17, 15) is 14.0 Å². The Morgan fingerprint density at radius 2 is 1.81 bits per heavy atom. The minimum absolute atomic E-state index is 0.0398. The van der Waals surface area contributed by atoms with Gasteiger partial charge in [-0.3, -0.25) is 9.59 Å². The first-order valence-electron chi connectivity index (χ1n) is 8.97. The summed E-state index contributed by atoms with van der Waals surface area (Å²) in [5.74, 6) is -0.331. The highest BCUT2D eigenvalue weighted by Crippen LogP contribution is 2.06. The highest BCUT2D eigenvalue weighted by molar-refractivity contribution is 5.76. The lowest BCUT2D eigenvalue weighted by Crippen LogP contribution is -2.24. The minimum Gasteiger partial charge on any atom is -0.352 e.